The van der Waals surface area contributed by atoms with Gasteiger partial charge in [-0.05, 0) is 126 Å². The molecule has 0 radical (unpaired) electrons. The Morgan fingerprint density at radius 1 is 0.242 bits per heavy atom. The molecule has 0 bridgehead atoms. The molecule has 2 heteroatoms. The Morgan fingerprint density at radius 2 is 0.667 bits per heavy atom. The summed E-state index contributed by atoms with van der Waals surface area (Å²) in [5.74, 6) is 0. The third-order valence-corrected chi connectivity index (χ3v) is 12.9. The van der Waals surface area contributed by atoms with E-state index >= 15 is 0 Å². The molecule has 11 aromatic carbocycles. The predicted octanol–water partition coefficient (Wildman–Crippen LogP) is 18.2. The van der Waals surface area contributed by atoms with E-state index in [0.717, 1.165) is 55.7 Å². The summed E-state index contributed by atoms with van der Waals surface area (Å²) in [5, 5.41) is 4.73. The average Bonchev–Trinajstić information content (AvgIpc) is 3.79. The summed E-state index contributed by atoms with van der Waals surface area (Å²) in [7, 11) is 0. The van der Waals surface area contributed by atoms with Crippen LogP contribution >= 0.6 is 0 Å². The molecule has 0 fully saturated rings. The van der Waals surface area contributed by atoms with Gasteiger partial charge < -0.3 is 9.32 Å². The lowest BCUT2D eigenvalue weighted by molar-refractivity contribution is 0.669. The van der Waals surface area contributed by atoms with E-state index in [0.29, 0.717) is 0 Å². The highest BCUT2D eigenvalue weighted by atomic mass is 16.3. The maximum atomic E-state index is 6.28. The van der Waals surface area contributed by atoms with E-state index in [9.17, 15) is 0 Å². The molecule has 1 aromatic heterocycles. The van der Waals surface area contributed by atoms with Crippen LogP contribution in [0.15, 0.2) is 265 Å². The molecule has 1 heterocycles. The van der Waals surface area contributed by atoms with Crippen molar-refractivity contribution in [3.8, 4) is 66.8 Å². The van der Waals surface area contributed by atoms with E-state index in [1.165, 1.54) is 60.8 Å². The Morgan fingerprint density at radius 3 is 1.33 bits per heavy atom. The number of anilines is 3. The molecule has 0 aliphatic rings. The maximum Gasteiger partial charge on any atom is 0.136 e. The first-order chi connectivity index (χ1) is 32.7. The second-order valence-electron chi connectivity index (χ2n) is 16.8. The van der Waals surface area contributed by atoms with Crippen molar-refractivity contribution in [3.05, 3.63) is 261 Å². The number of nitrogens with zero attached hydrogens (tertiary/aromatic N) is 1. The quantitative estimate of drug-likeness (QED) is 0.144. The van der Waals surface area contributed by atoms with Crippen LogP contribution in [-0.4, -0.2) is 0 Å². The Kier molecular flexibility index (Phi) is 9.89. The molecule has 0 amide bonds. The van der Waals surface area contributed by atoms with E-state index in [4.69, 9.17) is 4.42 Å². The molecule has 0 N–H and O–H groups in total. The van der Waals surface area contributed by atoms with Gasteiger partial charge in [0, 0.05) is 27.8 Å². The Bertz CT molecular complexity index is 3690. The van der Waals surface area contributed by atoms with E-state index in [1.807, 2.05) is 12.1 Å². The standard InChI is InChI=1S/C64H43NO/c1-2-17-44(18-3-1)53-24-6-8-26-57(53)59-28-10-11-29-60(59)58-27-9-7-25-54(58)46-35-39-49(40-36-46)65(51-22-14-21-48(43-51)55-31-15-20-45-19-4-5-23-52(45)55)50-41-37-47(38-42-50)56-32-16-34-63-64(56)61-30-12-13-33-62(61)66-63/h1-43H. The maximum absolute atomic E-state index is 6.28. The molecule has 0 atom stereocenters. The van der Waals surface area contributed by atoms with E-state index in [1.54, 1.807) is 0 Å². The average molecular weight is 842 g/mol. The number of hydrogen-bond acceptors (Lipinski definition) is 2. The third-order valence-electron chi connectivity index (χ3n) is 12.9. The van der Waals surface area contributed by atoms with Crippen molar-refractivity contribution in [2.24, 2.45) is 0 Å². The normalized spacial score (nSPS) is 11.3. The first-order valence-electron chi connectivity index (χ1n) is 22.6. The van der Waals surface area contributed by atoms with Crippen LogP contribution in [0.1, 0.15) is 0 Å². The molecule has 0 unspecified atom stereocenters. The number of para-hydroxylation sites is 1. The minimum Gasteiger partial charge on any atom is -0.456 e. The SMILES string of the molecule is c1ccc(-c2ccccc2-c2ccccc2-c2ccccc2-c2ccc(N(c3ccc(-c4cccc5oc6ccccc6c45)cc3)c3cccc(-c4cccc5ccccc45)c3)cc2)cc1. The fraction of sp³-hybridized carbons (Fsp3) is 0. The summed E-state index contributed by atoms with van der Waals surface area (Å²) in [6.45, 7) is 0. The lowest BCUT2D eigenvalue weighted by atomic mass is 9.87. The molecule has 12 aromatic rings. The van der Waals surface area contributed by atoms with Crippen LogP contribution in [-0.2, 0) is 0 Å². The zero-order chi connectivity index (χ0) is 43.8. The zero-order valence-corrected chi connectivity index (χ0v) is 36.2. The van der Waals surface area contributed by atoms with E-state index in [-0.39, 0.29) is 0 Å². The van der Waals surface area contributed by atoms with Crippen LogP contribution in [0.3, 0.4) is 0 Å². The van der Waals surface area contributed by atoms with Crippen LogP contribution in [0, 0.1) is 0 Å². The van der Waals surface area contributed by atoms with Gasteiger partial charge in [-0.25, -0.2) is 0 Å². The number of hydrogen-bond donors (Lipinski definition) is 0. The van der Waals surface area contributed by atoms with Gasteiger partial charge in [-0.2, -0.15) is 0 Å². The van der Waals surface area contributed by atoms with Gasteiger partial charge in [-0.15, -0.1) is 0 Å². The summed E-state index contributed by atoms with van der Waals surface area (Å²) in [6.07, 6.45) is 0. The molecule has 0 aliphatic carbocycles. The van der Waals surface area contributed by atoms with Crippen molar-refractivity contribution in [1.29, 1.82) is 0 Å². The molecule has 66 heavy (non-hydrogen) atoms. The molecular weight excluding hydrogens is 799 g/mol. The van der Waals surface area contributed by atoms with Crippen LogP contribution < -0.4 is 4.90 Å². The van der Waals surface area contributed by atoms with Gasteiger partial charge in [0.25, 0.3) is 0 Å². The van der Waals surface area contributed by atoms with Crippen LogP contribution in [0.2, 0.25) is 0 Å². The number of fused-ring (bicyclic) bond motifs is 4. The van der Waals surface area contributed by atoms with E-state index in [2.05, 4.69) is 254 Å². The Balaban J connectivity index is 0.961. The van der Waals surface area contributed by atoms with Crippen LogP contribution in [0.25, 0.3) is 99.5 Å². The van der Waals surface area contributed by atoms with Gasteiger partial charge in [-0.1, -0.05) is 212 Å². The second kappa shape index (κ2) is 16.8. The van der Waals surface area contributed by atoms with Crippen molar-refractivity contribution in [1.82, 2.24) is 0 Å². The first-order valence-corrected chi connectivity index (χ1v) is 22.6. The van der Waals surface area contributed by atoms with Crippen molar-refractivity contribution in [2.45, 2.75) is 0 Å². The third kappa shape index (κ3) is 7.02. The van der Waals surface area contributed by atoms with Gasteiger partial charge in [0.1, 0.15) is 11.2 Å². The topological polar surface area (TPSA) is 16.4 Å². The summed E-state index contributed by atoms with van der Waals surface area (Å²) >= 11 is 0. The highest BCUT2D eigenvalue weighted by molar-refractivity contribution is 6.12. The van der Waals surface area contributed by atoms with Gasteiger partial charge in [0.2, 0.25) is 0 Å². The summed E-state index contributed by atoms with van der Waals surface area (Å²) in [6, 6.07) is 93.9. The van der Waals surface area contributed by atoms with Crippen LogP contribution in [0.4, 0.5) is 17.1 Å². The molecule has 0 saturated carbocycles. The summed E-state index contributed by atoms with van der Waals surface area (Å²) in [5.41, 5.74) is 19.3. The highest BCUT2D eigenvalue weighted by Gasteiger charge is 2.19. The second-order valence-corrected chi connectivity index (χ2v) is 16.8. The number of furan rings is 1. The lowest BCUT2D eigenvalue weighted by Crippen LogP contribution is -2.10. The Hall–Kier alpha value is -8.72. The number of benzene rings is 11. The molecule has 0 aliphatic heterocycles. The summed E-state index contributed by atoms with van der Waals surface area (Å²) in [4.78, 5) is 2.37. The van der Waals surface area contributed by atoms with Crippen molar-refractivity contribution < 1.29 is 4.42 Å². The lowest BCUT2D eigenvalue weighted by Gasteiger charge is -2.27. The van der Waals surface area contributed by atoms with Crippen LogP contribution in [0.5, 0.6) is 0 Å². The van der Waals surface area contributed by atoms with Crippen molar-refractivity contribution >= 4 is 49.8 Å². The van der Waals surface area contributed by atoms with Gasteiger partial charge >= 0.3 is 0 Å². The number of rotatable bonds is 9. The zero-order valence-electron chi connectivity index (χ0n) is 36.2. The van der Waals surface area contributed by atoms with E-state index < -0.39 is 0 Å². The molecule has 12 rings (SSSR count). The molecule has 0 spiro atoms. The fourth-order valence-corrected chi connectivity index (χ4v) is 9.84. The fourth-order valence-electron chi connectivity index (χ4n) is 9.84. The van der Waals surface area contributed by atoms with Gasteiger partial charge in [0.15, 0.2) is 0 Å². The molecule has 0 saturated heterocycles. The minimum atomic E-state index is 0.895. The minimum absolute atomic E-state index is 0.895. The predicted molar refractivity (Wildman–Crippen MR) is 279 cm³/mol. The largest absolute Gasteiger partial charge is 0.456 e. The molecular formula is C64H43NO. The van der Waals surface area contributed by atoms with Crippen molar-refractivity contribution in [3.63, 3.8) is 0 Å². The summed E-state index contributed by atoms with van der Waals surface area (Å²) < 4.78 is 6.28. The molecule has 310 valence electrons. The van der Waals surface area contributed by atoms with Crippen molar-refractivity contribution in [2.75, 3.05) is 4.90 Å². The monoisotopic (exact) mass is 841 g/mol. The first kappa shape index (κ1) is 38.9. The van der Waals surface area contributed by atoms with Gasteiger partial charge in [-0.3, -0.25) is 0 Å². The molecule has 2 nitrogen and oxygen atoms in total. The smallest absolute Gasteiger partial charge is 0.136 e. The Labute approximate surface area is 384 Å². The van der Waals surface area contributed by atoms with Gasteiger partial charge in [0.05, 0.1) is 0 Å². The highest BCUT2D eigenvalue weighted by Crippen LogP contribution is 2.44.